The van der Waals surface area contributed by atoms with Gasteiger partial charge in [0.15, 0.2) is 0 Å². The number of sulfonamides is 1. The van der Waals surface area contributed by atoms with E-state index < -0.39 is 21.8 Å². The number of nitrogens with zero attached hydrogens (tertiary/aromatic N) is 4. The van der Waals surface area contributed by atoms with Gasteiger partial charge in [0.2, 0.25) is 5.96 Å². The molecule has 0 radical (unpaired) electrons. The Morgan fingerprint density at radius 3 is 2.17 bits per heavy atom. The standard InChI is InChI=1S/C25H22ClF3N4O2S/c1-32(2)24(31-36(34,35)21-14-10-19(11-15-21)25(27,28)29)33-16-22(17-6-4-3-5-7-17)23(30-33)18-8-12-20(26)13-9-18/h3-15,22H,16H2,1-2H3. The van der Waals surface area contributed by atoms with Crippen molar-refractivity contribution in [3.8, 4) is 0 Å². The molecule has 36 heavy (non-hydrogen) atoms. The fourth-order valence-corrected chi connectivity index (χ4v) is 4.97. The van der Waals surface area contributed by atoms with Gasteiger partial charge in [0.1, 0.15) is 0 Å². The van der Waals surface area contributed by atoms with Gasteiger partial charge >= 0.3 is 6.18 Å². The van der Waals surface area contributed by atoms with Crippen LogP contribution >= 0.6 is 11.6 Å². The molecule has 4 rings (SSSR count). The van der Waals surface area contributed by atoms with Gasteiger partial charge in [-0.3, -0.25) is 0 Å². The van der Waals surface area contributed by atoms with Gasteiger partial charge in [0, 0.05) is 25.0 Å². The highest BCUT2D eigenvalue weighted by molar-refractivity contribution is 7.90. The van der Waals surface area contributed by atoms with Crippen LogP contribution in [0.2, 0.25) is 5.02 Å². The lowest BCUT2D eigenvalue weighted by Gasteiger charge is -2.23. The molecule has 0 aromatic heterocycles. The molecular weight excluding hydrogens is 513 g/mol. The third-order valence-corrected chi connectivity index (χ3v) is 7.09. The molecule has 0 spiro atoms. The van der Waals surface area contributed by atoms with Crippen molar-refractivity contribution < 1.29 is 21.6 Å². The summed E-state index contributed by atoms with van der Waals surface area (Å²) in [4.78, 5) is 1.15. The first-order chi connectivity index (χ1) is 17.0. The second-order valence-electron chi connectivity index (χ2n) is 8.32. The van der Waals surface area contributed by atoms with Crippen LogP contribution in [0.15, 0.2) is 93.3 Å². The largest absolute Gasteiger partial charge is 0.416 e. The second kappa shape index (κ2) is 9.94. The molecule has 0 N–H and O–H groups in total. The maximum atomic E-state index is 13.0. The predicted octanol–water partition coefficient (Wildman–Crippen LogP) is 5.47. The van der Waals surface area contributed by atoms with Crippen LogP contribution in [-0.4, -0.2) is 50.6 Å². The van der Waals surface area contributed by atoms with Crippen molar-refractivity contribution in [3.63, 3.8) is 0 Å². The smallest absolute Gasteiger partial charge is 0.347 e. The average molecular weight is 535 g/mol. The molecule has 1 unspecified atom stereocenters. The first kappa shape index (κ1) is 25.7. The number of rotatable bonds is 4. The van der Waals surface area contributed by atoms with E-state index in [1.165, 1.54) is 9.91 Å². The Labute approximate surface area is 212 Å². The second-order valence-corrected chi connectivity index (χ2v) is 10.4. The molecule has 0 amide bonds. The topological polar surface area (TPSA) is 65.3 Å². The van der Waals surface area contributed by atoms with Gasteiger partial charge < -0.3 is 4.90 Å². The average Bonchev–Trinajstić information content (AvgIpc) is 3.28. The summed E-state index contributed by atoms with van der Waals surface area (Å²) >= 11 is 6.05. The number of hydrogen-bond donors (Lipinski definition) is 0. The molecule has 1 atom stereocenters. The van der Waals surface area contributed by atoms with E-state index in [0.717, 1.165) is 35.4 Å². The summed E-state index contributed by atoms with van der Waals surface area (Å²) in [5, 5.41) is 6.77. The number of hydrogen-bond acceptors (Lipinski definition) is 3. The van der Waals surface area contributed by atoms with Gasteiger partial charge in [-0.1, -0.05) is 54.1 Å². The minimum atomic E-state index is -4.57. The van der Waals surface area contributed by atoms with Crippen LogP contribution in [0.3, 0.4) is 0 Å². The third-order valence-electron chi connectivity index (χ3n) is 5.57. The highest BCUT2D eigenvalue weighted by Gasteiger charge is 2.34. The number of benzene rings is 3. The molecule has 6 nitrogen and oxygen atoms in total. The molecule has 1 aliphatic heterocycles. The molecule has 0 fully saturated rings. The van der Waals surface area contributed by atoms with Crippen molar-refractivity contribution in [2.75, 3.05) is 20.6 Å². The lowest BCUT2D eigenvalue weighted by Crippen LogP contribution is -2.37. The Bertz CT molecular complexity index is 1390. The van der Waals surface area contributed by atoms with E-state index in [9.17, 15) is 21.6 Å². The lowest BCUT2D eigenvalue weighted by molar-refractivity contribution is -0.137. The Hall–Kier alpha value is -3.37. The van der Waals surface area contributed by atoms with Crippen LogP contribution in [0.5, 0.6) is 0 Å². The minimum absolute atomic E-state index is 0.0276. The number of hydrazone groups is 1. The van der Waals surface area contributed by atoms with Crippen LogP contribution in [0.1, 0.15) is 22.6 Å². The van der Waals surface area contributed by atoms with E-state index in [0.29, 0.717) is 17.3 Å². The van der Waals surface area contributed by atoms with Crippen LogP contribution in [0.25, 0.3) is 0 Å². The fraction of sp³-hybridized carbons (Fsp3) is 0.200. The number of halogens is 4. The van der Waals surface area contributed by atoms with Crippen LogP contribution < -0.4 is 0 Å². The highest BCUT2D eigenvalue weighted by Crippen LogP contribution is 2.32. The maximum Gasteiger partial charge on any atom is 0.416 e. The molecule has 11 heteroatoms. The zero-order valence-corrected chi connectivity index (χ0v) is 20.9. The molecule has 3 aromatic rings. The summed E-state index contributed by atoms with van der Waals surface area (Å²) in [6.45, 7) is 0.307. The van der Waals surface area contributed by atoms with Gasteiger partial charge in [-0.05, 0) is 47.5 Å². The van der Waals surface area contributed by atoms with Crippen molar-refractivity contribution in [3.05, 3.63) is 101 Å². The van der Waals surface area contributed by atoms with Crippen LogP contribution in [0, 0.1) is 0 Å². The van der Waals surface area contributed by atoms with Crippen molar-refractivity contribution in [2.45, 2.75) is 17.0 Å². The fourth-order valence-electron chi connectivity index (χ4n) is 3.79. The molecule has 0 bridgehead atoms. The van der Waals surface area contributed by atoms with E-state index in [4.69, 9.17) is 16.7 Å². The highest BCUT2D eigenvalue weighted by atomic mass is 35.5. The molecule has 188 valence electrons. The summed E-state index contributed by atoms with van der Waals surface area (Å²) in [7, 11) is -1.08. The summed E-state index contributed by atoms with van der Waals surface area (Å²) in [5.74, 6) is -0.161. The Morgan fingerprint density at radius 1 is 1.00 bits per heavy atom. The summed E-state index contributed by atoms with van der Waals surface area (Å²) in [6, 6.07) is 20.1. The van der Waals surface area contributed by atoms with Crippen LogP contribution in [0.4, 0.5) is 13.2 Å². The first-order valence-electron chi connectivity index (χ1n) is 10.8. The molecule has 1 heterocycles. The van der Waals surface area contributed by atoms with Crippen molar-refractivity contribution >= 4 is 33.3 Å². The summed E-state index contributed by atoms with van der Waals surface area (Å²) in [6.07, 6.45) is -4.57. The number of alkyl halides is 3. The number of guanidine groups is 1. The summed E-state index contributed by atoms with van der Waals surface area (Å²) < 4.78 is 68.7. The normalized spacial score (nSPS) is 16.7. The first-order valence-corrected chi connectivity index (χ1v) is 12.6. The van der Waals surface area contributed by atoms with Crippen LogP contribution in [-0.2, 0) is 16.2 Å². The molecular formula is C25H22ClF3N4O2S. The quantitative estimate of drug-likeness (QED) is 0.329. The Balaban J connectivity index is 1.74. The summed E-state index contributed by atoms with van der Waals surface area (Å²) in [5.41, 5.74) is 1.57. The molecule has 0 aliphatic carbocycles. The lowest BCUT2D eigenvalue weighted by atomic mass is 9.91. The Kier molecular flexibility index (Phi) is 7.10. The van der Waals surface area contributed by atoms with Gasteiger partial charge in [-0.25, -0.2) is 5.01 Å². The van der Waals surface area contributed by atoms with Gasteiger partial charge in [-0.15, -0.1) is 4.40 Å². The zero-order valence-electron chi connectivity index (χ0n) is 19.3. The monoisotopic (exact) mass is 534 g/mol. The minimum Gasteiger partial charge on any atom is -0.347 e. The van der Waals surface area contributed by atoms with Gasteiger partial charge in [0.05, 0.1) is 22.7 Å². The van der Waals surface area contributed by atoms with E-state index in [1.807, 2.05) is 42.5 Å². The molecule has 1 aliphatic rings. The van der Waals surface area contributed by atoms with E-state index in [-0.39, 0.29) is 16.8 Å². The van der Waals surface area contributed by atoms with Crippen molar-refractivity contribution in [2.24, 2.45) is 9.50 Å². The van der Waals surface area contributed by atoms with E-state index in [1.54, 1.807) is 26.2 Å². The van der Waals surface area contributed by atoms with E-state index >= 15 is 0 Å². The zero-order chi connectivity index (χ0) is 26.1. The van der Waals surface area contributed by atoms with Gasteiger partial charge in [-0.2, -0.15) is 26.7 Å². The predicted molar refractivity (Wildman–Crippen MR) is 134 cm³/mol. The molecule has 0 saturated carbocycles. The van der Waals surface area contributed by atoms with Gasteiger partial charge in [0.25, 0.3) is 10.0 Å². The SMILES string of the molecule is CN(C)C(=NS(=O)(=O)c1ccc(C(F)(F)F)cc1)N1CC(c2ccccc2)C(c2ccc(Cl)cc2)=N1. The Morgan fingerprint density at radius 2 is 1.61 bits per heavy atom. The molecule has 0 saturated heterocycles. The van der Waals surface area contributed by atoms with Crippen molar-refractivity contribution in [1.82, 2.24) is 9.91 Å². The third kappa shape index (κ3) is 5.55. The van der Waals surface area contributed by atoms with Crippen molar-refractivity contribution in [1.29, 1.82) is 0 Å². The molecule has 3 aromatic carbocycles. The van der Waals surface area contributed by atoms with E-state index in [2.05, 4.69) is 4.40 Å². The maximum absolute atomic E-state index is 13.0.